The summed E-state index contributed by atoms with van der Waals surface area (Å²) in [4.78, 5) is 29.0. The van der Waals surface area contributed by atoms with Crippen molar-refractivity contribution >= 4 is 40.1 Å². The van der Waals surface area contributed by atoms with Gasteiger partial charge in [-0.2, -0.15) is 0 Å². The summed E-state index contributed by atoms with van der Waals surface area (Å²) >= 11 is 7.43. The van der Waals surface area contributed by atoms with Gasteiger partial charge in [0.1, 0.15) is 0 Å². The molecule has 6 nitrogen and oxygen atoms in total. The number of benzene rings is 2. The minimum atomic E-state index is -0.510. The average Bonchev–Trinajstić information content (AvgIpc) is 3.08. The van der Waals surface area contributed by atoms with E-state index in [1.54, 1.807) is 17.0 Å². The Labute approximate surface area is 153 Å². The normalized spacial score (nSPS) is 13.6. The number of thioether (sulfide) groups is 1. The lowest BCUT2D eigenvalue weighted by atomic mass is 10.2. The van der Waals surface area contributed by atoms with E-state index in [-0.39, 0.29) is 17.2 Å². The second kappa shape index (κ2) is 7.67. The Bertz CT molecular complexity index is 857. The van der Waals surface area contributed by atoms with Crippen molar-refractivity contribution in [1.29, 1.82) is 0 Å². The molecular weight excluding hydrogens is 362 g/mol. The SMILES string of the molecule is O=C(c1cccc([N+](=O)[O-])c1)N1CCN=C1SCc1cccc(Cl)c1. The van der Waals surface area contributed by atoms with E-state index in [0.29, 0.717) is 29.0 Å². The number of hydrogen-bond acceptors (Lipinski definition) is 5. The first-order valence-electron chi connectivity index (χ1n) is 7.52. The molecule has 0 unspecified atom stereocenters. The van der Waals surface area contributed by atoms with Crippen molar-refractivity contribution in [2.24, 2.45) is 4.99 Å². The second-order valence-corrected chi connectivity index (χ2v) is 6.73. The lowest BCUT2D eigenvalue weighted by Crippen LogP contribution is -2.32. The first kappa shape index (κ1) is 17.4. The highest BCUT2D eigenvalue weighted by atomic mass is 35.5. The molecule has 8 heteroatoms. The highest BCUT2D eigenvalue weighted by molar-refractivity contribution is 8.13. The van der Waals surface area contributed by atoms with Crippen molar-refractivity contribution in [2.75, 3.05) is 13.1 Å². The zero-order chi connectivity index (χ0) is 17.8. The third kappa shape index (κ3) is 4.18. The van der Waals surface area contributed by atoms with E-state index < -0.39 is 4.92 Å². The van der Waals surface area contributed by atoms with E-state index >= 15 is 0 Å². The van der Waals surface area contributed by atoms with Crippen LogP contribution in [0.2, 0.25) is 5.02 Å². The molecule has 0 fully saturated rings. The first-order valence-corrected chi connectivity index (χ1v) is 8.89. The van der Waals surface area contributed by atoms with Crippen molar-refractivity contribution in [3.8, 4) is 0 Å². The lowest BCUT2D eigenvalue weighted by molar-refractivity contribution is -0.384. The number of amidine groups is 1. The molecule has 0 spiro atoms. The van der Waals surface area contributed by atoms with E-state index in [1.165, 1.54) is 30.0 Å². The van der Waals surface area contributed by atoms with Crippen LogP contribution in [-0.2, 0) is 5.75 Å². The molecule has 128 valence electrons. The molecule has 0 aliphatic carbocycles. The Kier molecular flexibility index (Phi) is 5.35. The maximum absolute atomic E-state index is 12.7. The number of nitro benzene ring substituents is 1. The number of hydrogen-bond donors (Lipinski definition) is 0. The summed E-state index contributed by atoms with van der Waals surface area (Å²) in [6, 6.07) is 13.3. The zero-order valence-corrected chi connectivity index (χ0v) is 14.7. The maximum atomic E-state index is 12.7. The number of carbonyl (C=O) groups excluding carboxylic acids is 1. The summed E-state index contributed by atoms with van der Waals surface area (Å²) in [7, 11) is 0. The average molecular weight is 376 g/mol. The summed E-state index contributed by atoms with van der Waals surface area (Å²) < 4.78 is 0. The molecule has 0 N–H and O–H groups in total. The van der Waals surface area contributed by atoms with E-state index in [4.69, 9.17) is 11.6 Å². The summed E-state index contributed by atoms with van der Waals surface area (Å²) in [5.41, 5.74) is 1.22. The lowest BCUT2D eigenvalue weighted by Gasteiger charge is -2.17. The maximum Gasteiger partial charge on any atom is 0.270 e. The molecule has 0 radical (unpaired) electrons. The van der Waals surface area contributed by atoms with Crippen LogP contribution in [0.15, 0.2) is 53.5 Å². The van der Waals surface area contributed by atoms with Gasteiger partial charge in [-0.15, -0.1) is 0 Å². The van der Waals surface area contributed by atoms with Crippen LogP contribution in [0, 0.1) is 10.1 Å². The smallest absolute Gasteiger partial charge is 0.270 e. The highest BCUT2D eigenvalue weighted by Gasteiger charge is 2.26. The molecule has 1 heterocycles. The third-order valence-corrected chi connectivity index (χ3v) is 4.93. The first-order chi connectivity index (χ1) is 12.0. The van der Waals surface area contributed by atoms with Crippen LogP contribution in [0.25, 0.3) is 0 Å². The fourth-order valence-electron chi connectivity index (χ4n) is 2.42. The highest BCUT2D eigenvalue weighted by Crippen LogP contribution is 2.23. The van der Waals surface area contributed by atoms with Gasteiger partial charge in [0.25, 0.3) is 11.6 Å². The number of non-ortho nitro benzene ring substituents is 1. The quantitative estimate of drug-likeness (QED) is 0.598. The molecule has 0 atom stereocenters. The topological polar surface area (TPSA) is 75.8 Å². The van der Waals surface area contributed by atoms with Gasteiger partial charge in [-0.3, -0.25) is 24.8 Å². The van der Waals surface area contributed by atoms with E-state index in [2.05, 4.69) is 4.99 Å². The zero-order valence-electron chi connectivity index (χ0n) is 13.1. The van der Waals surface area contributed by atoms with Crippen molar-refractivity contribution in [1.82, 2.24) is 4.90 Å². The molecule has 1 aliphatic rings. The van der Waals surface area contributed by atoms with Crippen molar-refractivity contribution in [3.05, 3.63) is 74.8 Å². The van der Waals surface area contributed by atoms with Crippen LogP contribution in [-0.4, -0.2) is 34.0 Å². The Morgan fingerprint density at radius 1 is 1.28 bits per heavy atom. The molecular formula is C17H14ClN3O3S. The number of rotatable bonds is 4. The monoisotopic (exact) mass is 375 g/mol. The van der Waals surface area contributed by atoms with Gasteiger partial charge in [-0.25, -0.2) is 0 Å². The molecule has 1 aliphatic heterocycles. The van der Waals surface area contributed by atoms with Gasteiger partial charge in [0.05, 0.1) is 11.5 Å². The fourth-order valence-corrected chi connectivity index (χ4v) is 3.62. The minimum Gasteiger partial charge on any atom is -0.286 e. The van der Waals surface area contributed by atoms with Gasteiger partial charge in [0, 0.05) is 35.0 Å². The Morgan fingerprint density at radius 2 is 2.08 bits per heavy atom. The van der Waals surface area contributed by atoms with E-state index in [0.717, 1.165) is 5.56 Å². The van der Waals surface area contributed by atoms with Crippen molar-refractivity contribution in [3.63, 3.8) is 0 Å². The van der Waals surface area contributed by atoms with E-state index in [9.17, 15) is 14.9 Å². The molecule has 3 rings (SSSR count). The molecule has 1 amide bonds. The second-order valence-electron chi connectivity index (χ2n) is 5.35. The van der Waals surface area contributed by atoms with Crippen LogP contribution in [0.3, 0.4) is 0 Å². The number of nitro groups is 1. The number of carbonyl (C=O) groups is 1. The summed E-state index contributed by atoms with van der Waals surface area (Å²) in [5, 5.41) is 12.2. The molecule has 2 aromatic carbocycles. The van der Waals surface area contributed by atoms with Gasteiger partial charge < -0.3 is 0 Å². The van der Waals surface area contributed by atoms with Gasteiger partial charge in [0.2, 0.25) is 0 Å². The third-order valence-electron chi connectivity index (χ3n) is 3.61. The predicted octanol–water partition coefficient (Wildman–Crippen LogP) is 3.99. The Morgan fingerprint density at radius 3 is 2.84 bits per heavy atom. The summed E-state index contributed by atoms with van der Waals surface area (Å²) in [6.45, 7) is 0.998. The molecule has 2 aromatic rings. The van der Waals surface area contributed by atoms with E-state index in [1.807, 2.05) is 18.2 Å². The molecule has 0 bridgehead atoms. The standard InChI is InChI=1S/C17H14ClN3O3S/c18-14-5-1-3-12(9-14)11-25-17-19-7-8-20(17)16(22)13-4-2-6-15(10-13)21(23)24/h1-6,9-10H,7-8,11H2. The van der Waals surface area contributed by atoms with Gasteiger partial charge in [-0.05, 0) is 23.8 Å². The van der Waals surface area contributed by atoms with Gasteiger partial charge in [-0.1, -0.05) is 41.6 Å². The van der Waals surface area contributed by atoms with Crippen LogP contribution >= 0.6 is 23.4 Å². The van der Waals surface area contributed by atoms with Crippen LogP contribution in [0.4, 0.5) is 5.69 Å². The van der Waals surface area contributed by atoms with Gasteiger partial charge in [0.15, 0.2) is 5.17 Å². The number of nitrogens with zero attached hydrogens (tertiary/aromatic N) is 3. The summed E-state index contributed by atoms with van der Waals surface area (Å²) in [6.07, 6.45) is 0. The van der Waals surface area contributed by atoms with Crippen LogP contribution in [0.1, 0.15) is 15.9 Å². The van der Waals surface area contributed by atoms with Gasteiger partial charge >= 0.3 is 0 Å². The predicted molar refractivity (Wildman–Crippen MR) is 99.2 cm³/mol. The number of amides is 1. The molecule has 25 heavy (non-hydrogen) atoms. The van der Waals surface area contributed by atoms with Crippen molar-refractivity contribution < 1.29 is 9.72 Å². The minimum absolute atomic E-state index is 0.102. The van der Waals surface area contributed by atoms with Crippen LogP contribution in [0.5, 0.6) is 0 Å². The van der Waals surface area contributed by atoms with Crippen LogP contribution < -0.4 is 0 Å². The number of halogens is 1. The molecule has 0 saturated heterocycles. The largest absolute Gasteiger partial charge is 0.286 e. The van der Waals surface area contributed by atoms with Crippen molar-refractivity contribution in [2.45, 2.75) is 5.75 Å². The Hall–Kier alpha value is -2.38. The fraction of sp³-hybridized carbons (Fsp3) is 0.176. The number of aliphatic imine (C=N–C) groups is 1. The Balaban J connectivity index is 1.71. The molecule has 0 aromatic heterocycles. The molecule has 0 saturated carbocycles. The summed E-state index contributed by atoms with van der Waals surface area (Å²) in [5.74, 6) is 0.358.